The summed E-state index contributed by atoms with van der Waals surface area (Å²) in [6, 6.07) is 7.73. The van der Waals surface area contributed by atoms with E-state index in [0.29, 0.717) is 5.69 Å². The number of thiophene rings is 1. The van der Waals surface area contributed by atoms with E-state index < -0.39 is 4.92 Å². The van der Waals surface area contributed by atoms with Crippen LogP contribution in [0.5, 0.6) is 0 Å². The number of fused-ring (bicyclic) bond motifs is 1. The highest BCUT2D eigenvalue weighted by molar-refractivity contribution is 8.00. The van der Waals surface area contributed by atoms with Gasteiger partial charge in [0.2, 0.25) is 5.91 Å². The third kappa shape index (κ3) is 3.63. The maximum atomic E-state index is 12.0. The number of rotatable bonds is 5. The SMILES string of the molecule is O=C(CSc1ncnc2ccsc12)Nc1cccc([N+](=O)[O-])c1. The van der Waals surface area contributed by atoms with Gasteiger partial charge in [-0.05, 0) is 17.5 Å². The quantitative estimate of drug-likeness (QED) is 0.329. The van der Waals surface area contributed by atoms with Gasteiger partial charge in [-0.3, -0.25) is 14.9 Å². The number of amides is 1. The molecule has 0 saturated heterocycles. The van der Waals surface area contributed by atoms with Crippen LogP contribution in [-0.4, -0.2) is 26.6 Å². The molecule has 0 fully saturated rings. The van der Waals surface area contributed by atoms with Gasteiger partial charge >= 0.3 is 0 Å². The lowest BCUT2D eigenvalue weighted by molar-refractivity contribution is -0.384. The molecular weight excluding hydrogens is 336 g/mol. The molecule has 1 amide bonds. The lowest BCUT2D eigenvalue weighted by Crippen LogP contribution is -2.14. The zero-order chi connectivity index (χ0) is 16.2. The zero-order valence-electron chi connectivity index (χ0n) is 11.6. The third-order valence-corrected chi connectivity index (χ3v) is 4.92. The Morgan fingerprint density at radius 3 is 3.04 bits per heavy atom. The maximum absolute atomic E-state index is 12.0. The minimum absolute atomic E-state index is 0.0634. The second-order valence-corrected chi connectivity index (χ2v) is 6.34. The lowest BCUT2D eigenvalue weighted by atomic mass is 10.3. The average Bonchev–Trinajstić information content (AvgIpc) is 3.02. The van der Waals surface area contributed by atoms with Gasteiger partial charge in [-0.1, -0.05) is 17.8 Å². The van der Waals surface area contributed by atoms with Gasteiger partial charge in [0.1, 0.15) is 11.4 Å². The first-order valence-corrected chi connectivity index (χ1v) is 8.35. The van der Waals surface area contributed by atoms with Crippen LogP contribution in [0.2, 0.25) is 0 Å². The number of carbonyl (C=O) groups excluding carboxylic acids is 1. The first-order chi connectivity index (χ1) is 11.1. The molecule has 0 radical (unpaired) electrons. The van der Waals surface area contributed by atoms with Crippen LogP contribution in [0.3, 0.4) is 0 Å². The molecule has 116 valence electrons. The Hall–Kier alpha value is -2.52. The highest BCUT2D eigenvalue weighted by Crippen LogP contribution is 2.28. The second kappa shape index (κ2) is 6.71. The number of non-ortho nitro benzene ring substituents is 1. The molecule has 2 aromatic heterocycles. The van der Waals surface area contributed by atoms with E-state index in [1.807, 2.05) is 11.4 Å². The van der Waals surface area contributed by atoms with Gasteiger partial charge < -0.3 is 5.32 Å². The van der Waals surface area contributed by atoms with E-state index >= 15 is 0 Å². The first kappa shape index (κ1) is 15.4. The fourth-order valence-corrected chi connectivity index (χ4v) is 3.64. The summed E-state index contributed by atoms with van der Waals surface area (Å²) in [7, 11) is 0. The third-order valence-electron chi connectivity index (χ3n) is 2.89. The normalized spacial score (nSPS) is 10.6. The molecule has 2 heterocycles. The second-order valence-electron chi connectivity index (χ2n) is 4.46. The monoisotopic (exact) mass is 346 g/mol. The highest BCUT2D eigenvalue weighted by atomic mass is 32.2. The van der Waals surface area contributed by atoms with Crippen molar-refractivity contribution in [2.45, 2.75) is 5.03 Å². The van der Waals surface area contributed by atoms with Crippen molar-refractivity contribution < 1.29 is 9.72 Å². The number of hydrogen-bond acceptors (Lipinski definition) is 7. The molecule has 0 aliphatic rings. The summed E-state index contributed by atoms with van der Waals surface area (Å²) < 4.78 is 0.945. The summed E-state index contributed by atoms with van der Waals surface area (Å²) in [5, 5.41) is 16.0. The van der Waals surface area contributed by atoms with Crippen LogP contribution in [0.25, 0.3) is 10.2 Å². The molecule has 0 saturated carbocycles. The number of aromatic nitrogens is 2. The Morgan fingerprint density at radius 2 is 2.22 bits per heavy atom. The van der Waals surface area contributed by atoms with Crippen molar-refractivity contribution in [2.75, 3.05) is 11.1 Å². The van der Waals surface area contributed by atoms with Crippen molar-refractivity contribution in [3.8, 4) is 0 Å². The Bertz CT molecular complexity index is 881. The van der Waals surface area contributed by atoms with Gasteiger partial charge in [-0.2, -0.15) is 0 Å². The van der Waals surface area contributed by atoms with Gasteiger partial charge in [-0.25, -0.2) is 9.97 Å². The van der Waals surface area contributed by atoms with E-state index in [1.165, 1.54) is 47.6 Å². The van der Waals surface area contributed by atoms with E-state index in [4.69, 9.17) is 0 Å². The smallest absolute Gasteiger partial charge is 0.271 e. The van der Waals surface area contributed by atoms with Crippen molar-refractivity contribution >= 4 is 50.6 Å². The molecule has 0 spiro atoms. The van der Waals surface area contributed by atoms with Crippen LogP contribution < -0.4 is 5.32 Å². The largest absolute Gasteiger partial charge is 0.325 e. The van der Waals surface area contributed by atoms with Crippen LogP contribution in [-0.2, 0) is 4.79 Å². The molecule has 0 aliphatic heterocycles. The van der Waals surface area contributed by atoms with Crippen LogP contribution in [0.1, 0.15) is 0 Å². The van der Waals surface area contributed by atoms with Crippen LogP contribution in [0, 0.1) is 10.1 Å². The number of benzene rings is 1. The standard InChI is InChI=1S/C14H10N4O3S2/c19-12(17-9-2-1-3-10(6-9)18(20)21)7-23-14-13-11(4-5-22-13)15-8-16-14/h1-6,8H,7H2,(H,17,19). The van der Waals surface area contributed by atoms with Crippen LogP contribution in [0.15, 0.2) is 47.1 Å². The number of nitro groups is 1. The van der Waals surface area contributed by atoms with Gasteiger partial charge in [0.05, 0.1) is 20.9 Å². The topological polar surface area (TPSA) is 98.0 Å². The number of anilines is 1. The van der Waals surface area contributed by atoms with Gasteiger partial charge in [0.15, 0.2) is 0 Å². The number of nitrogens with one attached hydrogen (secondary N) is 1. The summed E-state index contributed by atoms with van der Waals surface area (Å²) >= 11 is 2.83. The maximum Gasteiger partial charge on any atom is 0.271 e. The van der Waals surface area contributed by atoms with Gasteiger partial charge in [0, 0.05) is 17.8 Å². The van der Waals surface area contributed by atoms with Crippen molar-refractivity contribution in [2.24, 2.45) is 0 Å². The summed E-state index contributed by atoms with van der Waals surface area (Å²) in [4.78, 5) is 30.6. The van der Waals surface area contributed by atoms with E-state index in [0.717, 1.165) is 15.2 Å². The molecular formula is C14H10N4O3S2. The van der Waals surface area contributed by atoms with Gasteiger partial charge in [0.25, 0.3) is 5.69 Å². The van der Waals surface area contributed by atoms with Crippen molar-refractivity contribution in [3.63, 3.8) is 0 Å². The fraction of sp³-hybridized carbons (Fsp3) is 0.0714. The van der Waals surface area contributed by atoms with Gasteiger partial charge in [-0.15, -0.1) is 11.3 Å². The summed E-state index contributed by atoms with van der Waals surface area (Å²) in [5.74, 6) is -0.0917. The summed E-state index contributed by atoms with van der Waals surface area (Å²) in [6.45, 7) is 0. The Morgan fingerprint density at radius 1 is 1.35 bits per heavy atom. The minimum atomic E-state index is -0.501. The Kier molecular flexibility index (Phi) is 4.49. The zero-order valence-corrected chi connectivity index (χ0v) is 13.3. The average molecular weight is 346 g/mol. The molecule has 3 aromatic rings. The van der Waals surface area contributed by atoms with E-state index in [2.05, 4.69) is 15.3 Å². The lowest BCUT2D eigenvalue weighted by Gasteiger charge is -2.05. The number of nitro benzene ring substituents is 1. The Labute approximate surface area is 138 Å². The first-order valence-electron chi connectivity index (χ1n) is 6.49. The van der Waals surface area contributed by atoms with Crippen molar-refractivity contribution in [1.82, 2.24) is 9.97 Å². The number of thioether (sulfide) groups is 1. The molecule has 0 unspecified atom stereocenters. The van der Waals surface area contributed by atoms with E-state index in [-0.39, 0.29) is 17.3 Å². The van der Waals surface area contributed by atoms with Crippen LogP contribution >= 0.6 is 23.1 Å². The predicted octanol–water partition coefficient (Wildman–Crippen LogP) is 3.33. The molecule has 0 bridgehead atoms. The minimum Gasteiger partial charge on any atom is -0.325 e. The molecule has 7 nitrogen and oxygen atoms in total. The predicted molar refractivity (Wildman–Crippen MR) is 89.9 cm³/mol. The van der Waals surface area contributed by atoms with E-state index in [1.54, 1.807) is 6.07 Å². The molecule has 0 aliphatic carbocycles. The Balaban J connectivity index is 1.65. The molecule has 0 atom stereocenters. The number of nitrogens with zero attached hydrogens (tertiary/aromatic N) is 3. The summed E-state index contributed by atoms with van der Waals surface area (Å²) in [6.07, 6.45) is 1.47. The highest BCUT2D eigenvalue weighted by Gasteiger charge is 2.11. The molecule has 9 heteroatoms. The van der Waals surface area contributed by atoms with Crippen molar-refractivity contribution in [1.29, 1.82) is 0 Å². The van der Waals surface area contributed by atoms with E-state index in [9.17, 15) is 14.9 Å². The molecule has 1 aromatic carbocycles. The number of hydrogen-bond donors (Lipinski definition) is 1. The summed E-state index contributed by atoms with van der Waals surface area (Å²) in [5.41, 5.74) is 1.19. The molecule has 1 N–H and O–H groups in total. The van der Waals surface area contributed by atoms with Crippen LogP contribution in [0.4, 0.5) is 11.4 Å². The number of carbonyl (C=O) groups is 1. The fourth-order valence-electron chi connectivity index (χ4n) is 1.90. The molecule has 23 heavy (non-hydrogen) atoms. The molecule has 3 rings (SSSR count). The van der Waals surface area contributed by atoms with Crippen molar-refractivity contribution in [3.05, 3.63) is 52.2 Å².